The quantitative estimate of drug-likeness (QED) is 0.171. The van der Waals surface area contributed by atoms with E-state index < -0.39 is 11.9 Å². The summed E-state index contributed by atoms with van der Waals surface area (Å²) in [5.74, 6) is 0.643. The van der Waals surface area contributed by atoms with Crippen molar-refractivity contribution in [2.75, 3.05) is 13.7 Å². The van der Waals surface area contributed by atoms with Gasteiger partial charge in [-0.3, -0.25) is 4.79 Å². The summed E-state index contributed by atoms with van der Waals surface area (Å²) in [5, 5.41) is 4.24. The Labute approximate surface area is 209 Å². The van der Waals surface area contributed by atoms with Gasteiger partial charge in [-0.1, -0.05) is 49.7 Å². The summed E-state index contributed by atoms with van der Waals surface area (Å²) in [6.45, 7) is 4.14. The number of carbonyl (C=O) groups excluding carboxylic acids is 2. The molecule has 0 radical (unpaired) electrons. The Kier molecular flexibility index (Phi) is 9.26. The molecule has 0 aliphatic heterocycles. The predicted molar refractivity (Wildman–Crippen MR) is 136 cm³/mol. The Morgan fingerprint density at radius 3 is 2.49 bits per heavy atom. The number of benzene rings is 3. The lowest BCUT2D eigenvalue weighted by Gasteiger charge is -2.11. The van der Waals surface area contributed by atoms with Crippen molar-refractivity contribution in [3.63, 3.8) is 0 Å². The maximum absolute atomic E-state index is 12.4. The first-order valence-corrected chi connectivity index (χ1v) is 11.5. The second kappa shape index (κ2) is 12.6. The summed E-state index contributed by atoms with van der Waals surface area (Å²) in [6, 6.07) is 19.2. The second-order valence-corrected chi connectivity index (χ2v) is 8.15. The van der Waals surface area contributed by atoms with Crippen LogP contribution in [0.4, 0.5) is 0 Å². The van der Waals surface area contributed by atoms with Crippen LogP contribution in [0.25, 0.3) is 0 Å². The lowest BCUT2D eigenvalue weighted by Crippen LogP contribution is -2.24. The Hall–Kier alpha value is -3.84. The fraction of sp³-hybridized carbons (Fsp3) is 0.222. The molecule has 8 heteroatoms. The number of esters is 1. The molecule has 0 bridgehead atoms. The van der Waals surface area contributed by atoms with E-state index in [0.717, 1.165) is 6.42 Å². The van der Waals surface area contributed by atoms with Crippen LogP contribution in [-0.4, -0.2) is 31.8 Å². The lowest BCUT2D eigenvalue weighted by molar-refractivity contribution is -0.123. The second-order valence-electron chi connectivity index (χ2n) is 7.74. The molecule has 1 N–H and O–H groups in total. The minimum atomic E-state index is -0.600. The van der Waals surface area contributed by atoms with Crippen molar-refractivity contribution in [3.8, 4) is 17.2 Å². The van der Waals surface area contributed by atoms with Crippen molar-refractivity contribution in [1.29, 1.82) is 0 Å². The van der Waals surface area contributed by atoms with Gasteiger partial charge in [-0.15, -0.1) is 0 Å². The van der Waals surface area contributed by atoms with E-state index in [9.17, 15) is 9.59 Å². The molecule has 7 nitrogen and oxygen atoms in total. The Bertz CT molecular complexity index is 1190. The number of amides is 1. The third-order valence-corrected chi connectivity index (χ3v) is 5.65. The Morgan fingerprint density at radius 2 is 1.80 bits per heavy atom. The number of nitrogens with one attached hydrogen (secondary N) is 1. The first-order valence-electron chi connectivity index (χ1n) is 11.1. The van der Waals surface area contributed by atoms with Gasteiger partial charge < -0.3 is 14.2 Å². The molecular weight excluding hydrogens is 468 g/mol. The van der Waals surface area contributed by atoms with Gasteiger partial charge in [-0.05, 0) is 65.9 Å². The minimum Gasteiger partial charge on any atom is -0.493 e. The summed E-state index contributed by atoms with van der Waals surface area (Å²) >= 11 is 6.05. The molecule has 3 aromatic carbocycles. The molecule has 0 aromatic heterocycles. The molecule has 3 rings (SSSR count). The van der Waals surface area contributed by atoms with Gasteiger partial charge in [0.2, 0.25) is 0 Å². The monoisotopic (exact) mass is 494 g/mol. The smallest absolute Gasteiger partial charge is 0.345 e. The van der Waals surface area contributed by atoms with E-state index in [0.29, 0.717) is 28.0 Å². The van der Waals surface area contributed by atoms with Gasteiger partial charge in [0.1, 0.15) is 5.75 Å². The number of hydrogen-bond acceptors (Lipinski definition) is 6. The van der Waals surface area contributed by atoms with Crippen LogP contribution in [0.15, 0.2) is 71.8 Å². The van der Waals surface area contributed by atoms with Crippen LogP contribution in [0.3, 0.4) is 0 Å². The fourth-order valence-electron chi connectivity index (χ4n) is 3.12. The van der Waals surface area contributed by atoms with E-state index in [1.54, 1.807) is 42.5 Å². The molecule has 0 saturated carbocycles. The zero-order valence-electron chi connectivity index (χ0n) is 19.8. The van der Waals surface area contributed by atoms with Crippen molar-refractivity contribution in [2.45, 2.75) is 26.2 Å². The largest absolute Gasteiger partial charge is 0.493 e. The van der Waals surface area contributed by atoms with Gasteiger partial charge >= 0.3 is 5.97 Å². The van der Waals surface area contributed by atoms with Crippen molar-refractivity contribution in [2.24, 2.45) is 5.10 Å². The van der Waals surface area contributed by atoms with Crippen LogP contribution in [-0.2, 0) is 4.79 Å². The van der Waals surface area contributed by atoms with Crippen LogP contribution >= 0.6 is 11.6 Å². The predicted octanol–water partition coefficient (Wildman–Crippen LogP) is 5.61. The SMILES string of the molecule is CCC(C)c1ccc(OCC(=O)NN=Cc2ccc(OC(=O)c3ccccc3Cl)c(OC)c2)cc1. The molecular formula is C27H27ClN2O5. The van der Waals surface area contributed by atoms with Crippen molar-refractivity contribution in [3.05, 3.63) is 88.4 Å². The molecule has 0 heterocycles. The van der Waals surface area contributed by atoms with E-state index in [1.165, 1.54) is 18.9 Å². The average Bonchev–Trinajstić information content (AvgIpc) is 2.88. The van der Waals surface area contributed by atoms with Crippen LogP contribution in [0.5, 0.6) is 17.2 Å². The number of ether oxygens (including phenoxy) is 3. The number of hydrazone groups is 1. The topological polar surface area (TPSA) is 86.2 Å². The highest BCUT2D eigenvalue weighted by Crippen LogP contribution is 2.29. The fourth-order valence-corrected chi connectivity index (χ4v) is 3.33. The normalized spacial score (nSPS) is 11.7. The molecule has 0 aliphatic carbocycles. The maximum atomic E-state index is 12.4. The highest BCUT2D eigenvalue weighted by Gasteiger charge is 2.15. The van der Waals surface area contributed by atoms with Crippen LogP contribution in [0.2, 0.25) is 5.02 Å². The van der Waals surface area contributed by atoms with E-state index in [1.807, 2.05) is 24.3 Å². The zero-order chi connectivity index (χ0) is 25.2. The number of rotatable bonds is 10. The van der Waals surface area contributed by atoms with Gasteiger partial charge in [0.05, 0.1) is 23.9 Å². The molecule has 182 valence electrons. The lowest BCUT2D eigenvalue weighted by atomic mass is 9.99. The van der Waals surface area contributed by atoms with Gasteiger partial charge in [-0.2, -0.15) is 5.10 Å². The molecule has 3 aromatic rings. The van der Waals surface area contributed by atoms with Crippen molar-refractivity contribution in [1.82, 2.24) is 5.43 Å². The number of methoxy groups -OCH3 is 1. The maximum Gasteiger partial charge on any atom is 0.345 e. The number of hydrogen-bond donors (Lipinski definition) is 1. The highest BCUT2D eigenvalue weighted by atomic mass is 35.5. The zero-order valence-corrected chi connectivity index (χ0v) is 20.5. The van der Waals surface area contributed by atoms with Crippen LogP contribution < -0.4 is 19.6 Å². The van der Waals surface area contributed by atoms with E-state index in [4.69, 9.17) is 25.8 Å². The molecule has 0 saturated heterocycles. The van der Waals surface area contributed by atoms with Crippen LogP contribution in [0, 0.1) is 0 Å². The summed E-state index contributed by atoms with van der Waals surface area (Å²) in [6.07, 6.45) is 2.50. The third-order valence-electron chi connectivity index (χ3n) is 5.32. The summed E-state index contributed by atoms with van der Waals surface area (Å²) in [7, 11) is 1.46. The molecule has 1 unspecified atom stereocenters. The summed E-state index contributed by atoms with van der Waals surface area (Å²) < 4.78 is 16.3. The first kappa shape index (κ1) is 25.8. The van der Waals surface area contributed by atoms with Gasteiger partial charge in [0.25, 0.3) is 5.91 Å². The Morgan fingerprint density at radius 1 is 1.06 bits per heavy atom. The van der Waals surface area contributed by atoms with E-state index in [2.05, 4.69) is 24.4 Å². The summed E-state index contributed by atoms with van der Waals surface area (Å²) in [5.41, 5.74) is 4.52. The van der Waals surface area contributed by atoms with Gasteiger partial charge in [0, 0.05) is 0 Å². The average molecular weight is 495 g/mol. The third kappa shape index (κ3) is 7.32. The molecule has 1 atom stereocenters. The van der Waals surface area contributed by atoms with Gasteiger partial charge in [0.15, 0.2) is 18.1 Å². The standard InChI is InChI=1S/C27H27ClN2O5/c1-4-18(2)20-10-12-21(13-11-20)34-17-26(31)30-29-16-19-9-14-24(25(15-19)33-3)35-27(32)22-7-5-6-8-23(22)28/h5-16,18H,4,17H2,1-3H3,(H,30,31). The van der Waals surface area contributed by atoms with Crippen LogP contribution in [0.1, 0.15) is 47.7 Å². The Balaban J connectivity index is 1.53. The van der Waals surface area contributed by atoms with Crippen molar-refractivity contribution < 1.29 is 23.8 Å². The first-order chi connectivity index (χ1) is 16.9. The van der Waals surface area contributed by atoms with E-state index >= 15 is 0 Å². The number of nitrogens with zero attached hydrogens (tertiary/aromatic N) is 1. The van der Waals surface area contributed by atoms with E-state index in [-0.39, 0.29) is 17.9 Å². The minimum absolute atomic E-state index is 0.166. The molecule has 0 aliphatic rings. The van der Waals surface area contributed by atoms with Crippen molar-refractivity contribution >= 4 is 29.7 Å². The highest BCUT2D eigenvalue weighted by molar-refractivity contribution is 6.33. The molecule has 1 amide bonds. The number of carbonyl (C=O) groups is 2. The van der Waals surface area contributed by atoms with Gasteiger partial charge in [-0.25, -0.2) is 10.2 Å². The number of halogens is 1. The molecule has 0 fully saturated rings. The molecule has 35 heavy (non-hydrogen) atoms. The summed E-state index contributed by atoms with van der Waals surface area (Å²) in [4.78, 5) is 24.5. The molecule has 0 spiro atoms.